The number of rotatable bonds is 7. The molecule has 136 valence electrons. The van der Waals surface area contributed by atoms with Gasteiger partial charge in [0.2, 0.25) is 0 Å². The maximum absolute atomic E-state index is 11.5. The maximum atomic E-state index is 11.5. The average molecular weight is 346 g/mol. The van der Waals surface area contributed by atoms with E-state index >= 15 is 0 Å². The fourth-order valence-electron chi connectivity index (χ4n) is 3.81. The summed E-state index contributed by atoms with van der Waals surface area (Å²) in [5.74, 6) is -2.04. The number of aromatic nitrogens is 2. The first-order valence-electron chi connectivity index (χ1n) is 8.67. The van der Waals surface area contributed by atoms with Gasteiger partial charge in [0.15, 0.2) is 0 Å². The summed E-state index contributed by atoms with van der Waals surface area (Å²) in [6, 6.07) is 0. The van der Waals surface area contributed by atoms with E-state index < -0.39 is 11.9 Å². The molecule has 0 aliphatic heterocycles. The summed E-state index contributed by atoms with van der Waals surface area (Å²) in [7, 11) is 0. The first-order valence-corrected chi connectivity index (χ1v) is 8.67. The monoisotopic (exact) mass is 346 g/mol. The van der Waals surface area contributed by atoms with Crippen LogP contribution >= 0.6 is 0 Å². The highest BCUT2D eigenvalue weighted by Crippen LogP contribution is 2.35. The Balaban J connectivity index is 2.66. The molecule has 0 fully saturated rings. The molecule has 0 unspecified atom stereocenters. The van der Waals surface area contributed by atoms with Crippen molar-refractivity contribution in [2.45, 2.75) is 59.8 Å². The fraction of sp³-hybridized carbons (Fsp3) is 0.474. The second kappa shape index (κ2) is 7.17. The van der Waals surface area contributed by atoms with Gasteiger partial charge < -0.3 is 20.2 Å². The highest BCUT2D eigenvalue weighted by Gasteiger charge is 2.28. The van der Waals surface area contributed by atoms with Crippen LogP contribution < -0.4 is 0 Å². The number of carboxylic acid groups (broad SMARTS) is 2. The Morgan fingerprint density at radius 1 is 0.840 bits per heavy atom. The molecule has 0 aromatic carbocycles. The van der Waals surface area contributed by atoms with Crippen molar-refractivity contribution in [3.8, 4) is 0 Å². The van der Waals surface area contributed by atoms with Gasteiger partial charge >= 0.3 is 11.9 Å². The molecule has 2 aromatic heterocycles. The topological polar surface area (TPSA) is 106 Å². The van der Waals surface area contributed by atoms with Gasteiger partial charge in [0.05, 0.1) is 0 Å². The molecular weight excluding hydrogens is 320 g/mol. The van der Waals surface area contributed by atoms with E-state index in [0.29, 0.717) is 12.8 Å². The van der Waals surface area contributed by atoms with Gasteiger partial charge in [-0.1, -0.05) is 20.8 Å². The van der Waals surface area contributed by atoms with Crippen molar-refractivity contribution in [1.29, 1.82) is 0 Å². The first kappa shape index (κ1) is 18.8. The largest absolute Gasteiger partial charge is 0.477 e. The number of carbonyl (C=O) groups is 2. The van der Waals surface area contributed by atoms with Crippen LogP contribution in [0.15, 0.2) is 0 Å². The van der Waals surface area contributed by atoms with E-state index in [4.69, 9.17) is 0 Å². The molecule has 0 saturated carbocycles. The molecule has 0 radical (unpaired) electrons. The van der Waals surface area contributed by atoms with Crippen molar-refractivity contribution in [2.24, 2.45) is 0 Å². The number of nitrogens with one attached hydrogen (secondary N) is 2. The van der Waals surface area contributed by atoms with Crippen LogP contribution in [-0.4, -0.2) is 32.1 Å². The van der Waals surface area contributed by atoms with Gasteiger partial charge in [-0.2, -0.15) is 0 Å². The third-order valence-corrected chi connectivity index (χ3v) is 5.08. The molecule has 0 amide bonds. The Labute approximate surface area is 147 Å². The van der Waals surface area contributed by atoms with E-state index in [2.05, 4.69) is 9.97 Å². The van der Waals surface area contributed by atoms with Gasteiger partial charge in [-0.15, -0.1) is 0 Å². The van der Waals surface area contributed by atoms with Crippen LogP contribution in [0, 0.1) is 13.8 Å². The van der Waals surface area contributed by atoms with Gasteiger partial charge in [-0.05, 0) is 55.4 Å². The zero-order chi connectivity index (χ0) is 18.9. The van der Waals surface area contributed by atoms with Crippen molar-refractivity contribution in [1.82, 2.24) is 9.97 Å². The van der Waals surface area contributed by atoms with Crippen LogP contribution in [0.3, 0.4) is 0 Å². The highest BCUT2D eigenvalue weighted by atomic mass is 16.4. The lowest BCUT2D eigenvalue weighted by Gasteiger charge is -2.16. The minimum absolute atomic E-state index is 0.100. The first-order chi connectivity index (χ1) is 11.8. The quantitative estimate of drug-likeness (QED) is 0.607. The van der Waals surface area contributed by atoms with E-state index in [1.807, 2.05) is 34.6 Å². The van der Waals surface area contributed by atoms with Gasteiger partial charge in [0, 0.05) is 17.3 Å². The standard InChI is InChI=1S/C19H26N2O4/c1-6-11-9(4)14(20-16(11)18(22)23)13(8-3)15-10(5)12(7-2)17(21-15)19(24)25/h13,20-21H,6-8H2,1-5H3,(H,22,23)(H,24,25). The van der Waals surface area contributed by atoms with Crippen molar-refractivity contribution in [3.63, 3.8) is 0 Å². The second-order valence-electron chi connectivity index (χ2n) is 6.31. The highest BCUT2D eigenvalue weighted by molar-refractivity contribution is 5.89. The summed E-state index contributed by atoms with van der Waals surface area (Å²) in [6.07, 6.45) is 1.99. The van der Waals surface area contributed by atoms with Gasteiger partial charge in [0.25, 0.3) is 0 Å². The smallest absolute Gasteiger partial charge is 0.352 e. The minimum Gasteiger partial charge on any atom is -0.477 e. The zero-order valence-electron chi connectivity index (χ0n) is 15.4. The normalized spacial score (nSPS) is 11.3. The number of carboxylic acids is 2. The molecule has 6 heteroatoms. The average Bonchev–Trinajstić information content (AvgIpc) is 3.07. The number of aromatic carboxylic acids is 2. The van der Waals surface area contributed by atoms with Crippen molar-refractivity contribution >= 4 is 11.9 Å². The molecular formula is C19H26N2O4. The van der Waals surface area contributed by atoms with E-state index in [0.717, 1.165) is 40.1 Å². The van der Waals surface area contributed by atoms with Crippen molar-refractivity contribution in [3.05, 3.63) is 45.0 Å². The van der Waals surface area contributed by atoms with Gasteiger partial charge in [-0.25, -0.2) is 9.59 Å². The third kappa shape index (κ3) is 3.08. The Kier molecular flexibility index (Phi) is 5.40. The number of hydrogen-bond acceptors (Lipinski definition) is 2. The molecule has 0 bridgehead atoms. The molecule has 0 spiro atoms. The molecule has 6 nitrogen and oxygen atoms in total. The van der Waals surface area contributed by atoms with Crippen LogP contribution in [0.1, 0.15) is 87.7 Å². The van der Waals surface area contributed by atoms with Crippen molar-refractivity contribution < 1.29 is 19.8 Å². The van der Waals surface area contributed by atoms with Crippen LogP contribution in [0.4, 0.5) is 0 Å². The Morgan fingerprint density at radius 2 is 1.20 bits per heavy atom. The van der Waals surface area contributed by atoms with Gasteiger partial charge in [-0.3, -0.25) is 0 Å². The van der Waals surface area contributed by atoms with Crippen LogP contribution in [0.2, 0.25) is 0 Å². The number of H-pyrrole nitrogens is 2. The number of aromatic amines is 2. The lowest BCUT2D eigenvalue weighted by Crippen LogP contribution is -2.06. The summed E-state index contributed by atoms with van der Waals surface area (Å²) in [4.78, 5) is 29.2. The van der Waals surface area contributed by atoms with E-state index in [1.54, 1.807) is 0 Å². The second-order valence-corrected chi connectivity index (χ2v) is 6.31. The van der Waals surface area contributed by atoms with E-state index in [1.165, 1.54) is 0 Å². The lowest BCUT2D eigenvalue weighted by atomic mass is 9.91. The summed E-state index contributed by atoms with van der Waals surface area (Å²) < 4.78 is 0. The fourth-order valence-corrected chi connectivity index (χ4v) is 3.81. The molecule has 2 heterocycles. The summed E-state index contributed by atoms with van der Waals surface area (Å²) in [5, 5.41) is 18.9. The molecule has 0 atom stereocenters. The SMILES string of the molecule is CCc1c(C(=O)O)[nH]c(C(CC)c2[nH]c(C(=O)O)c(CC)c2C)c1C. The van der Waals surface area contributed by atoms with Crippen LogP contribution in [0.5, 0.6) is 0 Å². The lowest BCUT2D eigenvalue weighted by molar-refractivity contribution is 0.0679. The number of hydrogen-bond donors (Lipinski definition) is 4. The molecule has 2 rings (SSSR count). The minimum atomic E-state index is -0.968. The maximum Gasteiger partial charge on any atom is 0.352 e. The summed E-state index contributed by atoms with van der Waals surface area (Å²) in [5.41, 5.74) is 5.64. The summed E-state index contributed by atoms with van der Waals surface area (Å²) in [6.45, 7) is 9.74. The van der Waals surface area contributed by atoms with Crippen LogP contribution in [0.25, 0.3) is 0 Å². The molecule has 4 N–H and O–H groups in total. The Bertz CT molecular complexity index is 748. The molecule has 0 aliphatic carbocycles. The zero-order valence-corrected chi connectivity index (χ0v) is 15.4. The van der Waals surface area contributed by atoms with E-state index in [9.17, 15) is 19.8 Å². The predicted octanol–water partition coefficient (Wildman–Crippen LogP) is 4.02. The Morgan fingerprint density at radius 3 is 1.40 bits per heavy atom. The van der Waals surface area contributed by atoms with E-state index in [-0.39, 0.29) is 17.3 Å². The molecule has 0 aliphatic rings. The van der Waals surface area contributed by atoms with Gasteiger partial charge in [0.1, 0.15) is 11.4 Å². The molecule has 25 heavy (non-hydrogen) atoms. The third-order valence-electron chi connectivity index (χ3n) is 5.08. The van der Waals surface area contributed by atoms with Crippen LogP contribution in [-0.2, 0) is 12.8 Å². The molecule has 2 aromatic rings. The molecule has 0 saturated heterocycles. The Hall–Kier alpha value is -2.50. The predicted molar refractivity (Wildman–Crippen MR) is 95.9 cm³/mol. The van der Waals surface area contributed by atoms with Crippen molar-refractivity contribution in [2.75, 3.05) is 0 Å². The summed E-state index contributed by atoms with van der Waals surface area (Å²) >= 11 is 0.